The van der Waals surface area contributed by atoms with E-state index in [1.807, 2.05) is 36.3 Å². The summed E-state index contributed by atoms with van der Waals surface area (Å²) in [7, 11) is 1.98. The summed E-state index contributed by atoms with van der Waals surface area (Å²) < 4.78 is 1.93. The third-order valence-electron chi connectivity index (χ3n) is 3.45. The van der Waals surface area contributed by atoms with E-state index in [1.54, 1.807) is 0 Å². The van der Waals surface area contributed by atoms with Crippen LogP contribution in [0.25, 0.3) is 0 Å². The van der Waals surface area contributed by atoms with Crippen LogP contribution in [0.5, 0.6) is 0 Å². The highest BCUT2D eigenvalue weighted by Gasteiger charge is 2.11. The van der Waals surface area contributed by atoms with Gasteiger partial charge in [-0.25, -0.2) is 0 Å². The Morgan fingerprint density at radius 2 is 1.94 bits per heavy atom. The van der Waals surface area contributed by atoms with E-state index >= 15 is 0 Å². The Morgan fingerprint density at radius 1 is 1.28 bits per heavy atom. The number of hydrogen-bond acceptors (Lipinski definition) is 3. The highest BCUT2D eigenvalue weighted by Crippen LogP contribution is 2.15. The minimum absolute atomic E-state index is 0.312. The fraction of sp³-hybridized carbons (Fsp3) is 0.429. The fourth-order valence-corrected chi connectivity index (χ4v) is 2.10. The van der Waals surface area contributed by atoms with Crippen molar-refractivity contribution in [3.05, 3.63) is 47.0 Å². The monoisotopic (exact) mass is 244 g/mol. The molecule has 2 aromatic heterocycles. The second kappa shape index (κ2) is 5.31. The zero-order chi connectivity index (χ0) is 13.1. The van der Waals surface area contributed by atoms with E-state index in [9.17, 15) is 0 Å². The number of hydrogen-bond donors (Lipinski definition) is 1. The standard InChI is InChI=1S/C14H20N4/c1-10(13-5-7-15-8-6-13)16-9-14-11(2)17-18(4)12(14)3/h5-8,10,16H,9H2,1-4H3/t10-/m1/s1. The van der Waals surface area contributed by atoms with Gasteiger partial charge in [-0.1, -0.05) is 0 Å². The maximum Gasteiger partial charge on any atom is 0.0641 e. The highest BCUT2D eigenvalue weighted by atomic mass is 15.3. The molecule has 4 heteroatoms. The molecule has 2 heterocycles. The van der Waals surface area contributed by atoms with Crippen molar-refractivity contribution in [1.29, 1.82) is 0 Å². The Labute approximate surface area is 108 Å². The first kappa shape index (κ1) is 12.8. The maximum atomic E-state index is 4.43. The van der Waals surface area contributed by atoms with Crippen LogP contribution in [0, 0.1) is 13.8 Å². The van der Waals surface area contributed by atoms with E-state index in [-0.39, 0.29) is 0 Å². The van der Waals surface area contributed by atoms with Crippen LogP contribution in [0.15, 0.2) is 24.5 Å². The second-order valence-corrected chi connectivity index (χ2v) is 4.66. The molecule has 0 saturated heterocycles. The van der Waals surface area contributed by atoms with Crippen molar-refractivity contribution in [2.45, 2.75) is 33.4 Å². The van der Waals surface area contributed by atoms with Crippen molar-refractivity contribution in [2.75, 3.05) is 0 Å². The van der Waals surface area contributed by atoms with Gasteiger partial charge in [-0.05, 0) is 38.5 Å². The zero-order valence-corrected chi connectivity index (χ0v) is 11.4. The van der Waals surface area contributed by atoms with Gasteiger partial charge in [-0.3, -0.25) is 9.67 Å². The summed E-state index contributed by atoms with van der Waals surface area (Å²) in [5.74, 6) is 0. The highest BCUT2D eigenvalue weighted by molar-refractivity contribution is 5.24. The molecule has 1 atom stereocenters. The predicted octanol–water partition coefficient (Wildman–Crippen LogP) is 2.28. The summed E-state index contributed by atoms with van der Waals surface area (Å²) in [6, 6.07) is 4.40. The molecular weight excluding hydrogens is 224 g/mol. The van der Waals surface area contributed by atoms with Crippen LogP contribution in [0.2, 0.25) is 0 Å². The third kappa shape index (κ3) is 2.59. The van der Waals surface area contributed by atoms with Gasteiger partial charge in [0.05, 0.1) is 5.69 Å². The lowest BCUT2D eigenvalue weighted by molar-refractivity contribution is 0.571. The minimum atomic E-state index is 0.312. The van der Waals surface area contributed by atoms with Gasteiger partial charge in [0.2, 0.25) is 0 Å². The largest absolute Gasteiger partial charge is 0.306 e. The van der Waals surface area contributed by atoms with Crippen LogP contribution in [0.1, 0.15) is 35.5 Å². The number of aromatic nitrogens is 3. The quantitative estimate of drug-likeness (QED) is 0.897. The molecule has 0 bridgehead atoms. The van der Waals surface area contributed by atoms with Gasteiger partial charge in [0, 0.05) is 43.3 Å². The van der Waals surface area contributed by atoms with E-state index < -0.39 is 0 Å². The van der Waals surface area contributed by atoms with Crippen molar-refractivity contribution in [3.8, 4) is 0 Å². The van der Waals surface area contributed by atoms with Crippen LogP contribution in [0.4, 0.5) is 0 Å². The molecule has 0 aliphatic heterocycles. The van der Waals surface area contributed by atoms with Crippen LogP contribution in [-0.4, -0.2) is 14.8 Å². The zero-order valence-electron chi connectivity index (χ0n) is 11.4. The Hall–Kier alpha value is -1.68. The molecule has 96 valence electrons. The number of nitrogens with one attached hydrogen (secondary N) is 1. The summed E-state index contributed by atoms with van der Waals surface area (Å²) in [5.41, 5.74) is 4.87. The van der Waals surface area contributed by atoms with Crippen LogP contribution < -0.4 is 5.32 Å². The van der Waals surface area contributed by atoms with Crippen molar-refractivity contribution < 1.29 is 0 Å². The lowest BCUT2D eigenvalue weighted by Gasteiger charge is -2.14. The van der Waals surface area contributed by atoms with Crippen LogP contribution in [0.3, 0.4) is 0 Å². The van der Waals surface area contributed by atoms with Crippen LogP contribution in [-0.2, 0) is 13.6 Å². The molecule has 2 rings (SSSR count). The van der Waals surface area contributed by atoms with Crippen molar-refractivity contribution in [1.82, 2.24) is 20.1 Å². The summed E-state index contributed by atoms with van der Waals surface area (Å²) in [5, 5.41) is 7.96. The van der Waals surface area contributed by atoms with Crippen molar-refractivity contribution in [3.63, 3.8) is 0 Å². The van der Waals surface area contributed by atoms with Gasteiger partial charge in [-0.15, -0.1) is 0 Å². The molecule has 0 aliphatic rings. The Balaban J connectivity index is 2.04. The molecule has 1 N–H and O–H groups in total. The van der Waals surface area contributed by atoms with Crippen molar-refractivity contribution in [2.24, 2.45) is 7.05 Å². The fourth-order valence-electron chi connectivity index (χ4n) is 2.10. The van der Waals surface area contributed by atoms with Gasteiger partial charge in [0.15, 0.2) is 0 Å². The Bertz CT molecular complexity index is 516. The lowest BCUT2D eigenvalue weighted by atomic mass is 10.1. The minimum Gasteiger partial charge on any atom is -0.306 e. The molecule has 4 nitrogen and oxygen atoms in total. The number of nitrogens with zero attached hydrogens (tertiary/aromatic N) is 3. The Kier molecular flexibility index (Phi) is 3.77. The first-order valence-corrected chi connectivity index (χ1v) is 6.22. The second-order valence-electron chi connectivity index (χ2n) is 4.66. The average molecular weight is 244 g/mol. The molecule has 0 aliphatic carbocycles. The van der Waals surface area contributed by atoms with Crippen molar-refractivity contribution >= 4 is 0 Å². The molecule has 0 aromatic carbocycles. The number of aryl methyl sites for hydroxylation is 2. The summed E-state index contributed by atoms with van der Waals surface area (Å²) in [4.78, 5) is 4.04. The van der Waals surface area contributed by atoms with Gasteiger partial charge < -0.3 is 5.32 Å². The maximum absolute atomic E-state index is 4.43. The normalized spacial score (nSPS) is 12.7. The van der Waals surface area contributed by atoms with Gasteiger partial charge in [0.1, 0.15) is 0 Å². The van der Waals surface area contributed by atoms with E-state index in [0.29, 0.717) is 6.04 Å². The van der Waals surface area contributed by atoms with Gasteiger partial charge >= 0.3 is 0 Å². The number of rotatable bonds is 4. The smallest absolute Gasteiger partial charge is 0.0641 e. The molecule has 0 radical (unpaired) electrons. The predicted molar refractivity (Wildman–Crippen MR) is 72.2 cm³/mol. The Morgan fingerprint density at radius 3 is 2.50 bits per heavy atom. The summed E-state index contributed by atoms with van der Waals surface area (Å²) >= 11 is 0. The SMILES string of the molecule is Cc1nn(C)c(C)c1CN[C@H](C)c1ccncc1. The molecule has 0 amide bonds. The van der Waals surface area contributed by atoms with E-state index in [2.05, 4.69) is 36.2 Å². The molecule has 0 fully saturated rings. The third-order valence-corrected chi connectivity index (χ3v) is 3.45. The molecule has 0 saturated carbocycles. The van der Waals surface area contributed by atoms with Gasteiger partial charge in [0.25, 0.3) is 0 Å². The average Bonchev–Trinajstić information content (AvgIpc) is 2.62. The lowest BCUT2D eigenvalue weighted by Crippen LogP contribution is -2.18. The molecule has 18 heavy (non-hydrogen) atoms. The molecule has 2 aromatic rings. The van der Waals surface area contributed by atoms with Gasteiger partial charge in [-0.2, -0.15) is 5.10 Å². The van der Waals surface area contributed by atoms with E-state index in [4.69, 9.17) is 0 Å². The molecule has 0 spiro atoms. The van der Waals surface area contributed by atoms with Crippen LogP contribution >= 0.6 is 0 Å². The summed E-state index contributed by atoms with van der Waals surface area (Å²) in [6.45, 7) is 7.17. The van der Waals surface area contributed by atoms with E-state index in [0.717, 1.165) is 12.2 Å². The molecular formula is C14H20N4. The topological polar surface area (TPSA) is 42.7 Å². The van der Waals surface area contributed by atoms with E-state index in [1.165, 1.54) is 16.8 Å². The first-order valence-electron chi connectivity index (χ1n) is 6.22. The summed E-state index contributed by atoms with van der Waals surface area (Å²) in [6.07, 6.45) is 3.65. The first-order chi connectivity index (χ1) is 8.59. The number of pyridine rings is 1. The molecule has 0 unspecified atom stereocenters.